The summed E-state index contributed by atoms with van der Waals surface area (Å²) in [5.74, 6) is -1.07. The molecule has 1 N–H and O–H groups in total. The summed E-state index contributed by atoms with van der Waals surface area (Å²) in [6, 6.07) is 13.0. The third-order valence-electron chi connectivity index (χ3n) is 3.78. The van der Waals surface area contributed by atoms with Crippen molar-refractivity contribution in [2.75, 3.05) is 18.5 Å². The van der Waals surface area contributed by atoms with E-state index in [2.05, 4.69) is 10.1 Å². The second-order valence-electron chi connectivity index (χ2n) is 7.12. The first-order valence-corrected chi connectivity index (χ1v) is 8.88. The summed E-state index contributed by atoms with van der Waals surface area (Å²) in [7, 11) is 0. The molecule has 0 bridgehead atoms. The number of rotatable bonds is 8. The molecule has 2 aromatic rings. The zero-order valence-electron chi connectivity index (χ0n) is 16.4. The number of hydrogen-bond acceptors (Lipinski definition) is 5. The van der Waals surface area contributed by atoms with E-state index in [1.165, 1.54) is 18.2 Å². The number of carbonyl (C=O) groups is 2. The number of para-hydroxylation sites is 3. The average Bonchev–Trinajstić information content (AvgIpc) is 2.65. The van der Waals surface area contributed by atoms with Crippen LogP contribution in [0.3, 0.4) is 0 Å². The first-order valence-electron chi connectivity index (χ1n) is 8.88. The Morgan fingerprint density at radius 2 is 1.59 bits per heavy atom. The van der Waals surface area contributed by atoms with Gasteiger partial charge in [-0.1, -0.05) is 51.1 Å². The van der Waals surface area contributed by atoms with Gasteiger partial charge in [0.1, 0.15) is 11.5 Å². The van der Waals surface area contributed by atoms with Crippen molar-refractivity contribution in [2.45, 2.75) is 32.8 Å². The number of carbonyl (C=O) groups excluding carboxylic acids is 2. The van der Waals surface area contributed by atoms with Gasteiger partial charge in [0.05, 0.1) is 5.69 Å². The van der Waals surface area contributed by atoms with Crippen LogP contribution >= 0.6 is 0 Å². The highest BCUT2D eigenvalue weighted by Crippen LogP contribution is 2.31. The molecule has 0 unspecified atom stereocenters. The van der Waals surface area contributed by atoms with Gasteiger partial charge in [-0.05, 0) is 29.2 Å². The summed E-state index contributed by atoms with van der Waals surface area (Å²) in [6.45, 7) is 2.07. The molecule has 0 radical (unpaired) electrons. The minimum absolute atomic E-state index is 0.0456. The molecule has 8 heteroatoms. The van der Waals surface area contributed by atoms with Crippen LogP contribution in [0.2, 0.25) is 0 Å². The lowest BCUT2D eigenvalue weighted by Crippen LogP contribution is -2.24. The lowest BCUT2D eigenvalue weighted by atomic mass is 9.86. The molecule has 0 aliphatic carbocycles. The van der Waals surface area contributed by atoms with Crippen LogP contribution in [-0.4, -0.2) is 31.7 Å². The van der Waals surface area contributed by atoms with E-state index in [9.17, 15) is 18.4 Å². The number of benzene rings is 2. The highest BCUT2D eigenvalue weighted by Gasteiger charge is 2.19. The van der Waals surface area contributed by atoms with E-state index in [0.29, 0.717) is 5.75 Å². The fourth-order valence-corrected chi connectivity index (χ4v) is 2.49. The van der Waals surface area contributed by atoms with Gasteiger partial charge in [-0.15, -0.1) is 0 Å². The second-order valence-corrected chi connectivity index (χ2v) is 7.12. The number of anilines is 1. The van der Waals surface area contributed by atoms with E-state index in [4.69, 9.17) is 9.47 Å². The summed E-state index contributed by atoms with van der Waals surface area (Å²) in [4.78, 5) is 23.8. The van der Waals surface area contributed by atoms with Crippen molar-refractivity contribution in [1.82, 2.24) is 0 Å². The maximum absolute atomic E-state index is 12.4. The first kappa shape index (κ1) is 22.1. The van der Waals surface area contributed by atoms with Crippen LogP contribution in [0.5, 0.6) is 11.5 Å². The molecule has 0 saturated carbocycles. The van der Waals surface area contributed by atoms with Crippen LogP contribution in [-0.2, 0) is 19.7 Å². The molecular weight excluding hydrogens is 384 g/mol. The molecule has 0 fully saturated rings. The van der Waals surface area contributed by atoms with Crippen molar-refractivity contribution in [1.29, 1.82) is 0 Å². The summed E-state index contributed by atoms with van der Waals surface area (Å²) < 4.78 is 39.5. The smallest absolute Gasteiger partial charge is 0.387 e. The lowest BCUT2D eigenvalue weighted by molar-refractivity contribution is -0.149. The van der Waals surface area contributed by atoms with Gasteiger partial charge in [-0.25, -0.2) is 4.79 Å². The van der Waals surface area contributed by atoms with E-state index in [1.54, 1.807) is 18.2 Å². The monoisotopic (exact) mass is 407 g/mol. The van der Waals surface area contributed by atoms with Gasteiger partial charge in [0, 0.05) is 0 Å². The fraction of sp³-hybridized carbons (Fsp3) is 0.333. The predicted molar refractivity (Wildman–Crippen MR) is 103 cm³/mol. The second kappa shape index (κ2) is 9.86. The van der Waals surface area contributed by atoms with Gasteiger partial charge in [0.15, 0.2) is 13.2 Å². The molecule has 156 valence electrons. The molecule has 0 atom stereocenters. The number of esters is 1. The van der Waals surface area contributed by atoms with Crippen LogP contribution in [0.25, 0.3) is 0 Å². The quantitative estimate of drug-likeness (QED) is 0.666. The zero-order valence-corrected chi connectivity index (χ0v) is 16.4. The Morgan fingerprint density at radius 1 is 0.966 bits per heavy atom. The minimum atomic E-state index is -3.03. The number of nitrogens with one attached hydrogen (secondary N) is 1. The number of ether oxygens (including phenoxy) is 3. The maximum atomic E-state index is 12.4. The third kappa shape index (κ3) is 7.06. The molecule has 2 rings (SSSR count). The van der Waals surface area contributed by atoms with E-state index in [-0.39, 0.29) is 23.5 Å². The molecule has 0 saturated heterocycles. The Hall–Kier alpha value is -3.16. The average molecular weight is 407 g/mol. The van der Waals surface area contributed by atoms with Crippen molar-refractivity contribution in [2.24, 2.45) is 0 Å². The Kier molecular flexibility index (Phi) is 7.52. The first-order chi connectivity index (χ1) is 13.7. The molecule has 6 nitrogen and oxygen atoms in total. The van der Waals surface area contributed by atoms with Crippen molar-refractivity contribution in [3.05, 3.63) is 54.1 Å². The van der Waals surface area contributed by atoms with Gasteiger partial charge in [-0.3, -0.25) is 4.79 Å². The highest BCUT2D eigenvalue weighted by molar-refractivity contribution is 5.94. The van der Waals surface area contributed by atoms with Gasteiger partial charge in [0.2, 0.25) is 0 Å². The van der Waals surface area contributed by atoms with Crippen molar-refractivity contribution in [3.8, 4) is 11.5 Å². The Bertz CT molecular complexity index is 849. The van der Waals surface area contributed by atoms with E-state index in [1.807, 2.05) is 32.9 Å². The van der Waals surface area contributed by atoms with Gasteiger partial charge >= 0.3 is 12.6 Å². The normalized spacial score (nSPS) is 11.1. The van der Waals surface area contributed by atoms with Crippen LogP contribution in [0.4, 0.5) is 14.5 Å². The lowest BCUT2D eigenvalue weighted by Gasteiger charge is -2.22. The summed E-state index contributed by atoms with van der Waals surface area (Å²) in [5.41, 5.74) is 0.805. The third-order valence-corrected chi connectivity index (χ3v) is 3.78. The van der Waals surface area contributed by atoms with Crippen LogP contribution in [0.15, 0.2) is 48.5 Å². The Labute approximate surface area is 167 Å². The maximum Gasteiger partial charge on any atom is 0.387 e. The van der Waals surface area contributed by atoms with Gasteiger partial charge in [-0.2, -0.15) is 8.78 Å². The molecular formula is C21H23F2NO5. The SMILES string of the molecule is CC(C)(C)c1ccccc1OCC(=O)OCC(=O)Nc1ccccc1OC(F)F. The molecule has 0 aliphatic rings. The van der Waals surface area contributed by atoms with Crippen molar-refractivity contribution < 1.29 is 32.6 Å². The number of hydrogen-bond donors (Lipinski definition) is 1. The number of alkyl halides is 2. The molecule has 2 aromatic carbocycles. The fourth-order valence-electron chi connectivity index (χ4n) is 2.49. The van der Waals surface area contributed by atoms with E-state index < -0.39 is 25.1 Å². The molecule has 29 heavy (non-hydrogen) atoms. The topological polar surface area (TPSA) is 73.9 Å². The predicted octanol–water partition coefficient (Wildman–Crippen LogP) is 4.15. The minimum Gasteiger partial charge on any atom is -0.482 e. The van der Waals surface area contributed by atoms with Crippen LogP contribution in [0, 0.1) is 0 Å². The van der Waals surface area contributed by atoms with E-state index in [0.717, 1.165) is 5.56 Å². The van der Waals surface area contributed by atoms with Gasteiger partial charge < -0.3 is 19.5 Å². The summed E-state index contributed by atoms with van der Waals surface area (Å²) in [6.07, 6.45) is 0. The summed E-state index contributed by atoms with van der Waals surface area (Å²) in [5, 5.41) is 2.36. The number of halogens is 2. The van der Waals surface area contributed by atoms with Crippen LogP contribution < -0.4 is 14.8 Å². The Morgan fingerprint density at radius 3 is 2.24 bits per heavy atom. The van der Waals surface area contributed by atoms with Crippen molar-refractivity contribution in [3.63, 3.8) is 0 Å². The van der Waals surface area contributed by atoms with Gasteiger partial charge in [0.25, 0.3) is 5.91 Å². The standard InChI is InChI=1S/C21H23F2NO5/c1-21(2,3)14-8-4-6-10-16(14)27-13-19(26)28-12-18(25)24-15-9-5-7-11-17(15)29-20(22)23/h4-11,20H,12-13H2,1-3H3,(H,24,25). The molecule has 1 amide bonds. The van der Waals surface area contributed by atoms with E-state index >= 15 is 0 Å². The molecule has 0 heterocycles. The number of amides is 1. The highest BCUT2D eigenvalue weighted by atomic mass is 19.3. The molecule has 0 aromatic heterocycles. The molecule has 0 aliphatic heterocycles. The Balaban J connectivity index is 1.85. The van der Waals surface area contributed by atoms with Crippen molar-refractivity contribution >= 4 is 17.6 Å². The largest absolute Gasteiger partial charge is 0.482 e. The molecule has 0 spiro atoms. The summed E-state index contributed by atoms with van der Waals surface area (Å²) >= 11 is 0. The van der Waals surface area contributed by atoms with Crippen LogP contribution in [0.1, 0.15) is 26.3 Å². The zero-order chi connectivity index (χ0) is 21.4.